The Hall–Kier alpha value is -0.830. The van der Waals surface area contributed by atoms with Gasteiger partial charge in [-0.25, -0.2) is 0 Å². The Balaban J connectivity index is 2.00. The first-order valence-electron chi connectivity index (χ1n) is 8.44. The van der Waals surface area contributed by atoms with Crippen molar-refractivity contribution in [2.75, 3.05) is 0 Å². The van der Waals surface area contributed by atoms with E-state index in [-0.39, 0.29) is 5.54 Å². The van der Waals surface area contributed by atoms with E-state index < -0.39 is 0 Å². The summed E-state index contributed by atoms with van der Waals surface area (Å²) in [5.74, 6) is 0.916. The highest BCUT2D eigenvalue weighted by Crippen LogP contribution is 2.35. The van der Waals surface area contributed by atoms with E-state index in [1.807, 2.05) is 0 Å². The maximum Gasteiger partial charge on any atom is 0.0624 e. The predicted octanol–water partition coefficient (Wildman–Crippen LogP) is 3.70. The van der Waals surface area contributed by atoms with E-state index in [0.29, 0.717) is 0 Å². The third-order valence-corrected chi connectivity index (χ3v) is 4.91. The van der Waals surface area contributed by atoms with Crippen molar-refractivity contribution in [3.63, 3.8) is 0 Å². The average Bonchev–Trinajstić information content (AvgIpc) is 2.83. The maximum atomic E-state index is 6.68. The summed E-state index contributed by atoms with van der Waals surface area (Å²) in [7, 11) is 0. The molecule has 2 rings (SSSR count). The lowest BCUT2D eigenvalue weighted by atomic mass is 9.73. The smallest absolute Gasteiger partial charge is 0.0624 e. The van der Waals surface area contributed by atoms with Crippen LogP contribution in [0.25, 0.3) is 0 Å². The van der Waals surface area contributed by atoms with E-state index >= 15 is 0 Å². The minimum Gasteiger partial charge on any atom is -0.325 e. The predicted molar refractivity (Wildman–Crippen MR) is 84.8 cm³/mol. The molecule has 0 aromatic carbocycles. The van der Waals surface area contributed by atoms with Gasteiger partial charge in [0.15, 0.2) is 0 Å². The van der Waals surface area contributed by atoms with E-state index in [4.69, 9.17) is 5.73 Å². The molecule has 3 nitrogen and oxygen atoms in total. The number of rotatable bonds is 6. The second-order valence-corrected chi connectivity index (χ2v) is 6.57. The van der Waals surface area contributed by atoms with Crippen molar-refractivity contribution in [2.45, 2.75) is 84.2 Å². The van der Waals surface area contributed by atoms with Gasteiger partial charge in [0.25, 0.3) is 0 Å². The number of aryl methyl sites for hydroxylation is 2. The van der Waals surface area contributed by atoms with E-state index in [0.717, 1.165) is 25.3 Å². The van der Waals surface area contributed by atoms with Crippen molar-refractivity contribution < 1.29 is 0 Å². The number of aromatic nitrogens is 2. The summed E-state index contributed by atoms with van der Waals surface area (Å²) in [5, 5.41) is 4.65. The first-order valence-corrected chi connectivity index (χ1v) is 8.44. The molecule has 0 radical (unpaired) electrons. The molecule has 0 unspecified atom stereocenters. The van der Waals surface area contributed by atoms with Crippen LogP contribution in [0.4, 0.5) is 0 Å². The lowest BCUT2D eigenvalue weighted by Crippen LogP contribution is -2.45. The van der Waals surface area contributed by atoms with Crippen molar-refractivity contribution >= 4 is 0 Å². The van der Waals surface area contributed by atoms with Gasteiger partial charge in [-0.15, -0.1) is 0 Å². The molecule has 0 atom stereocenters. The van der Waals surface area contributed by atoms with Crippen molar-refractivity contribution in [3.05, 3.63) is 17.5 Å². The topological polar surface area (TPSA) is 43.8 Å². The maximum absolute atomic E-state index is 6.68. The standard InChI is InChI=1S/C17H31N3/c1-4-7-14-8-10-17(18,11-9-14)13-16-12-15(5-2)19-20(16)6-3/h12,14H,4-11,13,18H2,1-3H3. The summed E-state index contributed by atoms with van der Waals surface area (Å²) in [6.07, 6.45) is 9.66. The van der Waals surface area contributed by atoms with Crippen LogP contribution in [0.3, 0.4) is 0 Å². The summed E-state index contributed by atoms with van der Waals surface area (Å²) in [6, 6.07) is 2.26. The fraction of sp³-hybridized carbons (Fsp3) is 0.824. The first-order chi connectivity index (χ1) is 9.60. The second kappa shape index (κ2) is 6.75. The zero-order chi connectivity index (χ0) is 14.6. The fourth-order valence-electron chi connectivity index (χ4n) is 3.59. The largest absolute Gasteiger partial charge is 0.325 e. The molecular formula is C17H31N3. The van der Waals surface area contributed by atoms with Gasteiger partial charge in [-0.2, -0.15) is 5.10 Å². The summed E-state index contributed by atoms with van der Waals surface area (Å²) in [6.45, 7) is 7.57. The lowest BCUT2D eigenvalue weighted by molar-refractivity contribution is 0.220. The Morgan fingerprint density at radius 1 is 1.30 bits per heavy atom. The van der Waals surface area contributed by atoms with Gasteiger partial charge in [-0.3, -0.25) is 4.68 Å². The highest BCUT2D eigenvalue weighted by atomic mass is 15.3. The van der Waals surface area contributed by atoms with Gasteiger partial charge >= 0.3 is 0 Å². The first kappa shape index (κ1) is 15.6. The monoisotopic (exact) mass is 277 g/mol. The zero-order valence-corrected chi connectivity index (χ0v) is 13.5. The molecule has 0 aliphatic heterocycles. The van der Waals surface area contributed by atoms with E-state index in [2.05, 4.69) is 36.6 Å². The Morgan fingerprint density at radius 2 is 2.00 bits per heavy atom. The molecule has 1 saturated carbocycles. The third kappa shape index (κ3) is 3.63. The number of nitrogens with zero attached hydrogens (tertiary/aromatic N) is 2. The Bertz CT molecular complexity index is 414. The minimum atomic E-state index is 0.00219. The van der Waals surface area contributed by atoms with Gasteiger partial charge in [0.05, 0.1) is 5.69 Å². The molecule has 114 valence electrons. The van der Waals surface area contributed by atoms with Crippen LogP contribution in [0.5, 0.6) is 0 Å². The molecular weight excluding hydrogens is 246 g/mol. The third-order valence-electron chi connectivity index (χ3n) is 4.91. The van der Waals surface area contributed by atoms with Crippen molar-refractivity contribution in [3.8, 4) is 0 Å². The van der Waals surface area contributed by atoms with Crippen LogP contribution in [-0.2, 0) is 19.4 Å². The molecule has 20 heavy (non-hydrogen) atoms. The van der Waals surface area contributed by atoms with Gasteiger partial charge in [-0.05, 0) is 51.0 Å². The van der Waals surface area contributed by atoms with Crippen LogP contribution in [0.1, 0.15) is 70.7 Å². The van der Waals surface area contributed by atoms with Crippen LogP contribution >= 0.6 is 0 Å². The van der Waals surface area contributed by atoms with Gasteiger partial charge in [0.2, 0.25) is 0 Å². The second-order valence-electron chi connectivity index (χ2n) is 6.57. The molecule has 0 bridgehead atoms. The number of hydrogen-bond acceptors (Lipinski definition) is 2. The minimum absolute atomic E-state index is 0.00219. The zero-order valence-electron chi connectivity index (χ0n) is 13.5. The SMILES string of the molecule is CCCC1CCC(N)(Cc2cc(CC)nn2CC)CC1. The summed E-state index contributed by atoms with van der Waals surface area (Å²) in [4.78, 5) is 0. The Labute approximate surface area is 123 Å². The van der Waals surface area contributed by atoms with Gasteiger partial charge in [0, 0.05) is 24.2 Å². The van der Waals surface area contributed by atoms with Gasteiger partial charge in [0.1, 0.15) is 0 Å². The molecule has 1 fully saturated rings. The van der Waals surface area contributed by atoms with E-state index in [1.165, 1.54) is 49.9 Å². The highest BCUT2D eigenvalue weighted by Gasteiger charge is 2.32. The van der Waals surface area contributed by atoms with Crippen LogP contribution in [0, 0.1) is 5.92 Å². The fourth-order valence-corrected chi connectivity index (χ4v) is 3.59. The van der Waals surface area contributed by atoms with Crippen LogP contribution < -0.4 is 5.73 Å². The lowest BCUT2D eigenvalue weighted by Gasteiger charge is -2.37. The van der Waals surface area contributed by atoms with E-state index in [9.17, 15) is 0 Å². The van der Waals surface area contributed by atoms with Gasteiger partial charge in [-0.1, -0.05) is 26.7 Å². The molecule has 2 N–H and O–H groups in total. The van der Waals surface area contributed by atoms with Crippen LogP contribution in [0.15, 0.2) is 6.07 Å². The molecule has 1 aliphatic rings. The van der Waals surface area contributed by atoms with Crippen molar-refractivity contribution in [1.82, 2.24) is 9.78 Å². The molecule has 1 aromatic heterocycles. The number of nitrogens with two attached hydrogens (primary N) is 1. The number of hydrogen-bond donors (Lipinski definition) is 1. The summed E-state index contributed by atoms with van der Waals surface area (Å²) < 4.78 is 2.14. The summed E-state index contributed by atoms with van der Waals surface area (Å²) in [5.41, 5.74) is 9.22. The molecule has 1 aliphatic carbocycles. The Kier molecular flexibility index (Phi) is 5.25. The molecule has 0 saturated heterocycles. The van der Waals surface area contributed by atoms with Gasteiger partial charge < -0.3 is 5.73 Å². The molecule has 0 spiro atoms. The quantitative estimate of drug-likeness (QED) is 0.861. The molecule has 1 aromatic rings. The normalized spacial score (nSPS) is 26.9. The summed E-state index contributed by atoms with van der Waals surface area (Å²) >= 11 is 0. The van der Waals surface area contributed by atoms with E-state index in [1.54, 1.807) is 0 Å². The molecule has 0 amide bonds. The Morgan fingerprint density at radius 3 is 2.55 bits per heavy atom. The molecule has 3 heteroatoms. The highest BCUT2D eigenvalue weighted by molar-refractivity contribution is 5.14. The van der Waals surface area contributed by atoms with Crippen LogP contribution in [0.2, 0.25) is 0 Å². The molecule has 1 heterocycles. The average molecular weight is 277 g/mol. The van der Waals surface area contributed by atoms with Crippen LogP contribution in [-0.4, -0.2) is 15.3 Å². The van der Waals surface area contributed by atoms with Crippen molar-refractivity contribution in [1.29, 1.82) is 0 Å². The van der Waals surface area contributed by atoms with Crippen molar-refractivity contribution in [2.24, 2.45) is 11.7 Å².